The monoisotopic (exact) mass is 455 g/mol. The molecule has 0 aliphatic heterocycles. The maximum atomic E-state index is 12.5. The molecule has 0 bridgehead atoms. The van der Waals surface area contributed by atoms with Gasteiger partial charge < -0.3 is 5.32 Å². The van der Waals surface area contributed by atoms with Crippen LogP contribution in [0.4, 0.5) is 5.69 Å². The van der Waals surface area contributed by atoms with Crippen molar-refractivity contribution in [2.24, 2.45) is 0 Å². The van der Waals surface area contributed by atoms with Gasteiger partial charge in [-0.25, -0.2) is 0 Å². The number of nitrogens with zero attached hydrogens (tertiary/aromatic N) is 4. The highest BCUT2D eigenvalue weighted by atomic mass is 79.9. The molecular formula is C17H16BrCl2N5O. The Labute approximate surface area is 169 Å². The highest BCUT2D eigenvalue weighted by Gasteiger charge is 2.20. The maximum absolute atomic E-state index is 12.5. The van der Waals surface area contributed by atoms with Crippen LogP contribution in [0.3, 0.4) is 0 Å². The summed E-state index contributed by atoms with van der Waals surface area (Å²) in [6.45, 7) is 2.46. The third-order valence-electron chi connectivity index (χ3n) is 3.81. The van der Waals surface area contributed by atoms with Crippen LogP contribution in [0.2, 0.25) is 10.0 Å². The molecule has 0 saturated heterocycles. The SMILES string of the molecule is CCC(C(=O)Nc1cnn(Cc2ccc(Cl)c(Cl)c2)c1)n1cc(Br)cn1. The summed E-state index contributed by atoms with van der Waals surface area (Å²) in [5.41, 5.74) is 1.59. The van der Waals surface area contributed by atoms with Crippen LogP contribution in [-0.2, 0) is 11.3 Å². The Balaban J connectivity index is 1.67. The fraction of sp³-hybridized carbons (Fsp3) is 0.235. The Morgan fingerprint density at radius 3 is 2.69 bits per heavy atom. The van der Waals surface area contributed by atoms with Crippen molar-refractivity contribution in [3.05, 3.63) is 63.1 Å². The third-order valence-corrected chi connectivity index (χ3v) is 4.96. The lowest BCUT2D eigenvalue weighted by molar-refractivity contribution is -0.119. The molecule has 0 aliphatic rings. The number of carbonyl (C=O) groups is 1. The van der Waals surface area contributed by atoms with Crippen molar-refractivity contribution in [2.45, 2.75) is 25.9 Å². The Morgan fingerprint density at radius 1 is 1.23 bits per heavy atom. The van der Waals surface area contributed by atoms with Gasteiger partial charge in [0.25, 0.3) is 0 Å². The van der Waals surface area contributed by atoms with E-state index in [0.29, 0.717) is 28.7 Å². The van der Waals surface area contributed by atoms with Crippen molar-refractivity contribution in [2.75, 3.05) is 5.32 Å². The van der Waals surface area contributed by atoms with Gasteiger partial charge in [-0.15, -0.1) is 0 Å². The summed E-state index contributed by atoms with van der Waals surface area (Å²) < 4.78 is 4.19. The molecular weight excluding hydrogens is 441 g/mol. The first-order valence-electron chi connectivity index (χ1n) is 7.93. The molecule has 0 radical (unpaired) electrons. The standard InChI is InChI=1S/C17H16BrCl2N5O/c1-2-16(25-9-12(18)6-22-25)17(26)23-13-7-21-24(10-13)8-11-3-4-14(19)15(20)5-11/h3-7,9-10,16H,2,8H2,1H3,(H,23,26). The third kappa shape index (κ3) is 4.47. The number of halogens is 3. The van der Waals surface area contributed by atoms with Gasteiger partial charge in [0.1, 0.15) is 6.04 Å². The van der Waals surface area contributed by atoms with Gasteiger partial charge in [0.15, 0.2) is 0 Å². The van der Waals surface area contributed by atoms with Gasteiger partial charge in [-0.1, -0.05) is 36.2 Å². The van der Waals surface area contributed by atoms with Gasteiger partial charge in [-0.3, -0.25) is 14.2 Å². The molecule has 3 rings (SSSR count). The lowest BCUT2D eigenvalue weighted by Crippen LogP contribution is -2.25. The number of rotatable bonds is 6. The Kier molecular flexibility index (Phi) is 6.01. The highest BCUT2D eigenvalue weighted by Crippen LogP contribution is 2.23. The zero-order valence-electron chi connectivity index (χ0n) is 13.9. The molecule has 9 heteroatoms. The van der Waals surface area contributed by atoms with E-state index in [2.05, 4.69) is 31.4 Å². The van der Waals surface area contributed by atoms with E-state index >= 15 is 0 Å². The van der Waals surface area contributed by atoms with Crippen molar-refractivity contribution in [3.8, 4) is 0 Å². The van der Waals surface area contributed by atoms with Gasteiger partial charge in [-0.05, 0) is 40.0 Å². The van der Waals surface area contributed by atoms with E-state index < -0.39 is 0 Å². The van der Waals surface area contributed by atoms with E-state index in [-0.39, 0.29) is 11.9 Å². The van der Waals surface area contributed by atoms with Crippen LogP contribution in [0.5, 0.6) is 0 Å². The first-order chi connectivity index (χ1) is 12.5. The van der Waals surface area contributed by atoms with Gasteiger partial charge in [-0.2, -0.15) is 10.2 Å². The predicted molar refractivity (Wildman–Crippen MR) is 106 cm³/mol. The second-order valence-electron chi connectivity index (χ2n) is 5.73. The predicted octanol–water partition coefficient (Wildman–Crippen LogP) is 4.79. The smallest absolute Gasteiger partial charge is 0.249 e. The summed E-state index contributed by atoms with van der Waals surface area (Å²) in [5.74, 6) is -0.141. The van der Waals surface area contributed by atoms with E-state index in [1.54, 1.807) is 46.3 Å². The zero-order valence-corrected chi connectivity index (χ0v) is 17.0. The van der Waals surface area contributed by atoms with Crippen LogP contribution < -0.4 is 5.32 Å². The van der Waals surface area contributed by atoms with Crippen LogP contribution in [0.15, 0.2) is 47.5 Å². The van der Waals surface area contributed by atoms with Crippen molar-refractivity contribution >= 4 is 50.7 Å². The molecule has 2 heterocycles. The Bertz CT molecular complexity index is 924. The second kappa shape index (κ2) is 8.24. The Morgan fingerprint density at radius 2 is 2.04 bits per heavy atom. The number of carbonyl (C=O) groups excluding carboxylic acids is 1. The molecule has 26 heavy (non-hydrogen) atoms. The minimum absolute atomic E-state index is 0.141. The summed E-state index contributed by atoms with van der Waals surface area (Å²) in [5, 5.41) is 12.4. The van der Waals surface area contributed by atoms with Crippen LogP contribution in [0.1, 0.15) is 24.9 Å². The van der Waals surface area contributed by atoms with Gasteiger partial charge in [0.2, 0.25) is 5.91 Å². The Hall–Kier alpha value is -1.83. The largest absolute Gasteiger partial charge is 0.322 e. The number of hydrogen-bond donors (Lipinski definition) is 1. The quantitative estimate of drug-likeness (QED) is 0.580. The summed E-state index contributed by atoms with van der Waals surface area (Å²) in [6.07, 6.45) is 7.44. The minimum atomic E-state index is -0.389. The number of amides is 1. The summed E-state index contributed by atoms with van der Waals surface area (Å²) >= 11 is 15.3. The molecule has 0 aliphatic carbocycles. The topological polar surface area (TPSA) is 64.7 Å². The molecule has 2 aromatic heterocycles. The molecule has 1 unspecified atom stereocenters. The van der Waals surface area contributed by atoms with Crippen molar-refractivity contribution < 1.29 is 4.79 Å². The van der Waals surface area contributed by atoms with Gasteiger partial charge >= 0.3 is 0 Å². The van der Waals surface area contributed by atoms with Gasteiger partial charge in [0.05, 0.1) is 39.1 Å². The molecule has 1 N–H and O–H groups in total. The van der Waals surface area contributed by atoms with Crippen LogP contribution >= 0.6 is 39.1 Å². The van der Waals surface area contributed by atoms with E-state index in [1.165, 1.54) is 0 Å². The summed E-state index contributed by atoms with van der Waals surface area (Å²) in [6, 6.07) is 5.04. The zero-order chi connectivity index (χ0) is 18.7. The second-order valence-corrected chi connectivity index (χ2v) is 7.46. The van der Waals surface area contributed by atoms with Crippen molar-refractivity contribution in [3.63, 3.8) is 0 Å². The van der Waals surface area contributed by atoms with Crippen molar-refractivity contribution in [1.29, 1.82) is 0 Å². The molecule has 0 fully saturated rings. The molecule has 1 amide bonds. The minimum Gasteiger partial charge on any atom is -0.322 e. The molecule has 0 saturated carbocycles. The highest BCUT2D eigenvalue weighted by molar-refractivity contribution is 9.10. The van der Waals surface area contributed by atoms with Crippen LogP contribution in [0.25, 0.3) is 0 Å². The first-order valence-corrected chi connectivity index (χ1v) is 9.48. The van der Waals surface area contributed by atoms with E-state index in [4.69, 9.17) is 23.2 Å². The van der Waals surface area contributed by atoms with E-state index in [1.807, 2.05) is 13.0 Å². The fourth-order valence-electron chi connectivity index (χ4n) is 2.54. The molecule has 136 valence electrons. The number of aromatic nitrogens is 4. The molecule has 1 aromatic carbocycles. The van der Waals surface area contributed by atoms with Gasteiger partial charge in [0, 0.05) is 12.4 Å². The molecule has 0 spiro atoms. The average Bonchev–Trinajstić information content (AvgIpc) is 3.21. The van der Waals surface area contributed by atoms with Crippen molar-refractivity contribution in [1.82, 2.24) is 19.6 Å². The molecule has 3 aromatic rings. The molecule has 1 atom stereocenters. The van der Waals surface area contributed by atoms with Crippen LogP contribution in [-0.4, -0.2) is 25.5 Å². The lowest BCUT2D eigenvalue weighted by atomic mass is 10.2. The number of benzene rings is 1. The normalized spacial score (nSPS) is 12.2. The van der Waals surface area contributed by atoms with E-state index in [9.17, 15) is 4.79 Å². The average molecular weight is 457 g/mol. The molecule has 6 nitrogen and oxygen atoms in total. The number of hydrogen-bond acceptors (Lipinski definition) is 3. The summed E-state index contributed by atoms with van der Waals surface area (Å²) in [7, 11) is 0. The first kappa shape index (κ1) is 18.9. The number of nitrogens with one attached hydrogen (secondary N) is 1. The lowest BCUT2D eigenvalue weighted by Gasteiger charge is -2.14. The summed E-state index contributed by atoms with van der Waals surface area (Å²) in [4.78, 5) is 12.5. The fourth-order valence-corrected chi connectivity index (χ4v) is 3.17. The van der Waals surface area contributed by atoms with E-state index in [0.717, 1.165) is 10.0 Å². The maximum Gasteiger partial charge on any atom is 0.249 e. The van der Waals surface area contributed by atoms with Crippen LogP contribution in [0, 0.1) is 0 Å². The number of anilines is 1.